The van der Waals surface area contributed by atoms with Gasteiger partial charge in [-0.1, -0.05) is 48.0 Å². The monoisotopic (exact) mass is 272 g/mol. The van der Waals surface area contributed by atoms with Crippen LogP contribution in [-0.4, -0.2) is 12.1 Å². The molecule has 19 heavy (non-hydrogen) atoms. The van der Waals surface area contributed by atoms with Gasteiger partial charge in [0.2, 0.25) is 0 Å². The summed E-state index contributed by atoms with van der Waals surface area (Å²) in [5.74, 6) is -0.324. The Balaban J connectivity index is 2.06. The van der Waals surface area contributed by atoms with Gasteiger partial charge in [-0.05, 0) is 30.2 Å². The van der Waals surface area contributed by atoms with E-state index in [0.717, 1.165) is 11.1 Å². The highest BCUT2D eigenvalue weighted by Crippen LogP contribution is 2.14. The molecule has 0 aromatic heterocycles. The van der Waals surface area contributed by atoms with E-state index in [-0.39, 0.29) is 5.91 Å². The number of benzene rings is 2. The average molecular weight is 273 g/mol. The molecule has 1 amide bonds. The van der Waals surface area contributed by atoms with Crippen molar-refractivity contribution in [2.24, 2.45) is 5.10 Å². The zero-order valence-electron chi connectivity index (χ0n) is 10.4. The van der Waals surface area contributed by atoms with Crippen molar-refractivity contribution in [2.75, 3.05) is 0 Å². The molecule has 0 spiro atoms. The Morgan fingerprint density at radius 3 is 2.58 bits per heavy atom. The minimum atomic E-state index is -0.324. The SMILES string of the molecule is Cc1ccccc1C=NNC(=O)c1ccccc1Cl. The first-order valence-corrected chi connectivity index (χ1v) is 6.20. The van der Waals surface area contributed by atoms with E-state index in [1.165, 1.54) is 0 Å². The van der Waals surface area contributed by atoms with Crippen molar-refractivity contribution < 1.29 is 4.79 Å². The fourth-order valence-corrected chi connectivity index (χ4v) is 1.82. The van der Waals surface area contributed by atoms with Gasteiger partial charge in [0, 0.05) is 0 Å². The van der Waals surface area contributed by atoms with Crippen LogP contribution in [0.2, 0.25) is 5.02 Å². The Morgan fingerprint density at radius 2 is 1.84 bits per heavy atom. The second-order valence-electron chi connectivity index (χ2n) is 4.04. The molecule has 0 bridgehead atoms. The number of nitrogens with one attached hydrogen (secondary N) is 1. The number of carbonyl (C=O) groups is 1. The molecule has 0 aliphatic rings. The van der Waals surface area contributed by atoms with Crippen molar-refractivity contribution in [3.05, 3.63) is 70.2 Å². The van der Waals surface area contributed by atoms with Crippen LogP contribution < -0.4 is 5.43 Å². The molecule has 0 saturated heterocycles. The van der Waals surface area contributed by atoms with Gasteiger partial charge in [-0.25, -0.2) is 5.43 Å². The first-order valence-electron chi connectivity index (χ1n) is 5.82. The highest BCUT2D eigenvalue weighted by atomic mass is 35.5. The van der Waals surface area contributed by atoms with Crippen LogP contribution in [0.1, 0.15) is 21.5 Å². The van der Waals surface area contributed by atoms with E-state index >= 15 is 0 Å². The van der Waals surface area contributed by atoms with Crippen molar-refractivity contribution >= 4 is 23.7 Å². The molecule has 2 rings (SSSR count). The fraction of sp³-hybridized carbons (Fsp3) is 0.0667. The molecule has 3 nitrogen and oxygen atoms in total. The Hall–Kier alpha value is -2.13. The summed E-state index contributed by atoms with van der Waals surface area (Å²) < 4.78 is 0. The molecule has 2 aromatic carbocycles. The van der Waals surface area contributed by atoms with Crippen LogP contribution in [0.25, 0.3) is 0 Å². The van der Waals surface area contributed by atoms with Gasteiger partial charge >= 0.3 is 0 Å². The van der Waals surface area contributed by atoms with Crippen LogP contribution >= 0.6 is 11.6 Å². The van der Waals surface area contributed by atoms with Gasteiger partial charge in [0.05, 0.1) is 16.8 Å². The Kier molecular flexibility index (Phi) is 4.31. The van der Waals surface area contributed by atoms with Gasteiger partial charge in [-0.3, -0.25) is 4.79 Å². The van der Waals surface area contributed by atoms with E-state index < -0.39 is 0 Å². The summed E-state index contributed by atoms with van der Waals surface area (Å²) in [6.07, 6.45) is 1.62. The van der Waals surface area contributed by atoms with E-state index in [1.807, 2.05) is 31.2 Å². The summed E-state index contributed by atoms with van der Waals surface area (Å²) in [6, 6.07) is 14.6. The lowest BCUT2D eigenvalue weighted by Gasteiger charge is -2.02. The van der Waals surface area contributed by atoms with Gasteiger partial charge in [0.15, 0.2) is 0 Å². The summed E-state index contributed by atoms with van der Waals surface area (Å²) in [4.78, 5) is 11.8. The number of hydrogen-bond donors (Lipinski definition) is 1. The Bertz CT molecular complexity index is 623. The highest BCUT2D eigenvalue weighted by molar-refractivity contribution is 6.33. The van der Waals surface area contributed by atoms with Crippen molar-refractivity contribution in [3.63, 3.8) is 0 Å². The second-order valence-corrected chi connectivity index (χ2v) is 4.44. The lowest BCUT2D eigenvalue weighted by molar-refractivity contribution is 0.0955. The zero-order chi connectivity index (χ0) is 13.7. The van der Waals surface area contributed by atoms with Crippen LogP contribution in [0.15, 0.2) is 53.6 Å². The third-order valence-corrected chi connectivity index (χ3v) is 3.01. The maximum Gasteiger partial charge on any atom is 0.272 e. The van der Waals surface area contributed by atoms with Crippen molar-refractivity contribution in [1.29, 1.82) is 0 Å². The maximum absolute atomic E-state index is 11.8. The van der Waals surface area contributed by atoms with Crippen LogP contribution in [0.4, 0.5) is 0 Å². The topological polar surface area (TPSA) is 41.5 Å². The van der Waals surface area contributed by atoms with E-state index in [1.54, 1.807) is 30.5 Å². The van der Waals surface area contributed by atoms with Crippen LogP contribution in [-0.2, 0) is 0 Å². The average Bonchev–Trinajstić information content (AvgIpc) is 2.41. The molecule has 1 N–H and O–H groups in total. The number of rotatable bonds is 3. The smallest absolute Gasteiger partial charge is 0.267 e. The number of amides is 1. The van der Waals surface area contributed by atoms with Crippen molar-refractivity contribution in [3.8, 4) is 0 Å². The molecule has 0 fully saturated rings. The largest absolute Gasteiger partial charge is 0.272 e. The quantitative estimate of drug-likeness (QED) is 0.675. The molecule has 2 aromatic rings. The number of hydrazone groups is 1. The van der Waals surface area contributed by atoms with Crippen LogP contribution in [0.3, 0.4) is 0 Å². The van der Waals surface area contributed by atoms with E-state index in [4.69, 9.17) is 11.6 Å². The van der Waals surface area contributed by atoms with Gasteiger partial charge in [-0.15, -0.1) is 0 Å². The van der Waals surface area contributed by atoms with Crippen molar-refractivity contribution in [1.82, 2.24) is 5.43 Å². The molecular weight excluding hydrogens is 260 g/mol. The molecule has 0 radical (unpaired) electrons. The van der Waals surface area contributed by atoms with Gasteiger partial charge in [-0.2, -0.15) is 5.10 Å². The first-order chi connectivity index (χ1) is 9.18. The number of hydrogen-bond acceptors (Lipinski definition) is 2. The number of carbonyl (C=O) groups excluding carboxylic acids is 1. The third-order valence-electron chi connectivity index (χ3n) is 2.68. The number of halogens is 1. The lowest BCUT2D eigenvalue weighted by atomic mass is 10.1. The first kappa shape index (κ1) is 13.3. The predicted octanol–water partition coefficient (Wildman–Crippen LogP) is 3.41. The molecule has 0 saturated carbocycles. The van der Waals surface area contributed by atoms with Crippen LogP contribution in [0, 0.1) is 6.92 Å². The van der Waals surface area contributed by atoms with Crippen molar-refractivity contribution in [2.45, 2.75) is 6.92 Å². The maximum atomic E-state index is 11.8. The summed E-state index contributed by atoms with van der Waals surface area (Å²) in [7, 11) is 0. The summed E-state index contributed by atoms with van der Waals surface area (Å²) in [5.41, 5.74) is 4.93. The Morgan fingerprint density at radius 1 is 1.16 bits per heavy atom. The molecule has 4 heteroatoms. The zero-order valence-corrected chi connectivity index (χ0v) is 11.2. The van der Waals surface area contributed by atoms with Crippen LogP contribution in [0.5, 0.6) is 0 Å². The van der Waals surface area contributed by atoms with E-state index in [9.17, 15) is 4.79 Å². The standard InChI is InChI=1S/C15H13ClN2O/c1-11-6-2-3-7-12(11)10-17-18-15(19)13-8-4-5-9-14(13)16/h2-10H,1H3,(H,18,19). The molecule has 0 atom stereocenters. The molecule has 96 valence electrons. The highest BCUT2D eigenvalue weighted by Gasteiger charge is 2.07. The Labute approximate surface area is 116 Å². The predicted molar refractivity (Wildman–Crippen MR) is 77.7 cm³/mol. The molecule has 0 unspecified atom stereocenters. The van der Waals surface area contributed by atoms with E-state index in [2.05, 4.69) is 10.5 Å². The molecule has 0 heterocycles. The summed E-state index contributed by atoms with van der Waals surface area (Å²) >= 11 is 5.93. The number of aryl methyl sites for hydroxylation is 1. The van der Waals surface area contributed by atoms with Gasteiger partial charge in [0.25, 0.3) is 5.91 Å². The number of nitrogens with zero attached hydrogens (tertiary/aromatic N) is 1. The molecule has 0 aliphatic carbocycles. The summed E-state index contributed by atoms with van der Waals surface area (Å²) in [6.45, 7) is 1.98. The lowest BCUT2D eigenvalue weighted by Crippen LogP contribution is -2.18. The molecular formula is C15H13ClN2O. The normalized spacial score (nSPS) is 10.6. The summed E-state index contributed by atoms with van der Waals surface area (Å²) in [5, 5.41) is 4.35. The molecule has 0 aliphatic heterocycles. The second kappa shape index (κ2) is 6.16. The van der Waals surface area contributed by atoms with Gasteiger partial charge in [0.1, 0.15) is 0 Å². The third kappa shape index (κ3) is 3.42. The van der Waals surface area contributed by atoms with Gasteiger partial charge < -0.3 is 0 Å². The van der Waals surface area contributed by atoms with E-state index in [0.29, 0.717) is 10.6 Å². The minimum Gasteiger partial charge on any atom is -0.267 e. The minimum absolute atomic E-state index is 0.324. The fourth-order valence-electron chi connectivity index (χ4n) is 1.60.